The van der Waals surface area contributed by atoms with Gasteiger partial charge in [-0.25, -0.2) is 0 Å². The van der Waals surface area contributed by atoms with E-state index in [-0.39, 0.29) is 0 Å². The standard InChI is InChI=1S/C8H11NO2/c1-11-8(7-9-10)5-3-2-4-6-8/h2-5,7,10H,6H2,1H3. The number of methoxy groups -OCH3 is 1. The number of hydrogen-bond donors (Lipinski definition) is 1. The molecule has 11 heavy (non-hydrogen) atoms. The summed E-state index contributed by atoms with van der Waals surface area (Å²) in [7, 11) is 1.59. The number of hydrogen-bond acceptors (Lipinski definition) is 3. The Bertz CT molecular complexity index is 208. The van der Waals surface area contributed by atoms with Gasteiger partial charge in [-0.2, -0.15) is 0 Å². The second kappa shape index (κ2) is 3.34. The molecule has 3 heteroatoms. The molecule has 0 spiro atoms. The van der Waals surface area contributed by atoms with E-state index >= 15 is 0 Å². The zero-order valence-electron chi connectivity index (χ0n) is 6.40. The molecule has 0 aliphatic heterocycles. The monoisotopic (exact) mass is 153 g/mol. The highest BCUT2D eigenvalue weighted by molar-refractivity contribution is 5.72. The number of ether oxygens (including phenoxy) is 1. The van der Waals surface area contributed by atoms with Crippen LogP contribution in [0.25, 0.3) is 0 Å². The fourth-order valence-corrected chi connectivity index (χ4v) is 1.01. The first-order valence-corrected chi connectivity index (χ1v) is 3.41. The lowest BCUT2D eigenvalue weighted by Crippen LogP contribution is -2.31. The Hall–Kier alpha value is -1.09. The quantitative estimate of drug-likeness (QED) is 0.369. The SMILES string of the molecule is COC1(C=NO)C=CC=CC1. The molecule has 1 unspecified atom stereocenters. The van der Waals surface area contributed by atoms with Crippen LogP contribution in [0.5, 0.6) is 0 Å². The minimum absolute atomic E-state index is 0.538. The second-order valence-electron chi connectivity index (χ2n) is 2.40. The molecule has 0 aromatic carbocycles. The molecule has 1 aliphatic rings. The Balaban J connectivity index is 2.76. The van der Waals surface area contributed by atoms with Crippen LogP contribution in [0.15, 0.2) is 29.5 Å². The molecule has 3 nitrogen and oxygen atoms in total. The Labute approximate surface area is 65.7 Å². The minimum Gasteiger partial charge on any atom is -0.411 e. The summed E-state index contributed by atoms with van der Waals surface area (Å²) in [5.74, 6) is 0. The summed E-state index contributed by atoms with van der Waals surface area (Å²) in [5.41, 5.74) is -0.538. The van der Waals surface area contributed by atoms with Crippen molar-refractivity contribution >= 4 is 6.21 Å². The normalized spacial score (nSPS) is 29.9. The van der Waals surface area contributed by atoms with Crippen LogP contribution in [0.3, 0.4) is 0 Å². The van der Waals surface area contributed by atoms with Gasteiger partial charge in [0.05, 0.1) is 6.21 Å². The molecule has 1 N–H and O–H groups in total. The van der Waals surface area contributed by atoms with E-state index < -0.39 is 5.60 Å². The lowest BCUT2D eigenvalue weighted by Gasteiger charge is -2.23. The molecule has 0 aromatic heterocycles. The van der Waals surface area contributed by atoms with E-state index in [9.17, 15) is 0 Å². The zero-order chi connectivity index (χ0) is 8.16. The van der Waals surface area contributed by atoms with Crippen LogP contribution >= 0.6 is 0 Å². The number of nitrogens with zero attached hydrogens (tertiary/aromatic N) is 1. The molecule has 1 aliphatic carbocycles. The van der Waals surface area contributed by atoms with Crippen molar-refractivity contribution in [2.75, 3.05) is 7.11 Å². The van der Waals surface area contributed by atoms with E-state index in [1.165, 1.54) is 6.21 Å². The summed E-state index contributed by atoms with van der Waals surface area (Å²) >= 11 is 0. The molecule has 1 atom stereocenters. The van der Waals surface area contributed by atoms with Gasteiger partial charge in [0.25, 0.3) is 0 Å². The van der Waals surface area contributed by atoms with Crippen LogP contribution in [0.2, 0.25) is 0 Å². The molecule has 0 radical (unpaired) electrons. The van der Waals surface area contributed by atoms with Gasteiger partial charge in [-0.05, 0) is 6.08 Å². The molecule has 1 rings (SSSR count). The average molecular weight is 153 g/mol. The van der Waals surface area contributed by atoms with Crippen LogP contribution in [-0.2, 0) is 4.74 Å². The Morgan fingerprint density at radius 3 is 2.91 bits per heavy atom. The molecule has 0 saturated carbocycles. The first-order valence-electron chi connectivity index (χ1n) is 3.41. The van der Waals surface area contributed by atoms with Crippen LogP contribution in [0.4, 0.5) is 0 Å². The van der Waals surface area contributed by atoms with Crippen molar-refractivity contribution in [1.29, 1.82) is 0 Å². The van der Waals surface area contributed by atoms with Crippen molar-refractivity contribution in [1.82, 2.24) is 0 Å². The number of rotatable bonds is 2. The maximum atomic E-state index is 8.35. The summed E-state index contributed by atoms with van der Waals surface area (Å²) in [6, 6.07) is 0. The van der Waals surface area contributed by atoms with Gasteiger partial charge in [-0.1, -0.05) is 23.4 Å². The van der Waals surface area contributed by atoms with Gasteiger partial charge in [0.1, 0.15) is 5.60 Å². The van der Waals surface area contributed by atoms with Gasteiger partial charge >= 0.3 is 0 Å². The second-order valence-corrected chi connectivity index (χ2v) is 2.40. The van der Waals surface area contributed by atoms with Crippen molar-refractivity contribution in [2.45, 2.75) is 12.0 Å². The summed E-state index contributed by atoms with van der Waals surface area (Å²) in [6.07, 6.45) is 9.71. The molecule has 0 bridgehead atoms. The third-order valence-corrected chi connectivity index (χ3v) is 1.72. The van der Waals surface area contributed by atoms with E-state index in [2.05, 4.69) is 5.16 Å². The van der Waals surface area contributed by atoms with Crippen molar-refractivity contribution in [2.24, 2.45) is 5.16 Å². The molecule has 60 valence electrons. The summed E-state index contributed by atoms with van der Waals surface area (Å²) < 4.78 is 5.17. The van der Waals surface area contributed by atoms with Crippen molar-refractivity contribution < 1.29 is 9.94 Å². The van der Waals surface area contributed by atoms with Crippen LogP contribution < -0.4 is 0 Å². The predicted octanol–water partition coefficient (Wildman–Crippen LogP) is 1.35. The molecular weight excluding hydrogens is 142 g/mol. The summed E-state index contributed by atoms with van der Waals surface area (Å²) in [6.45, 7) is 0. The van der Waals surface area contributed by atoms with Crippen LogP contribution in [-0.4, -0.2) is 24.1 Å². The van der Waals surface area contributed by atoms with Gasteiger partial charge in [-0.15, -0.1) is 0 Å². The lowest BCUT2D eigenvalue weighted by atomic mass is 9.97. The van der Waals surface area contributed by atoms with Crippen molar-refractivity contribution in [3.05, 3.63) is 24.3 Å². The molecule has 0 saturated heterocycles. The van der Waals surface area contributed by atoms with E-state index in [0.29, 0.717) is 6.42 Å². The fourth-order valence-electron chi connectivity index (χ4n) is 1.01. The molecule has 0 heterocycles. The maximum Gasteiger partial charge on any atom is 0.128 e. The summed E-state index contributed by atoms with van der Waals surface area (Å²) in [4.78, 5) is 0. The Kier molecular flexibility index (Phi) is 2.44. The van der Waals surface area contributed by atoms with Gasteiger partial charge in [0, 0.05) is 13.5 Å². The van der Waals surface area contributed by atoms with E-state index in [0.717, 1.165) is 0 Å². The molecular formula is C8H11NO2. The third-order valence-electron chi connectivity index (χ3n) is 1.72. The Morgan fingerprint density at radius 2 is 2.45 bits per heavy atom. The molecule has 0 amide bonds. The summed E-state index contributed by atoms with van der Waals surface area (Å²) in [5, 5.41) is 11.3. The zero-order valence-corrected chi connectivity index (χ0v) is 6.40. The highest BCUT2D eigenvalue weighted by Gasteiger charge is 2.24. The Morgan fingerprint density at radius 1 is 1.64 bits per heavy atom. The van der Waals surface area contributed by atoms with Crippen LogP contribution in [0, 0.1) is 0 Å². The average Bonchev–Trinajstić information content (AvgIpc) is 2.07. The maximum absolute atomic E-state index is 8.35. The fraction of sp³-hybridized carbons (Fsp3) is 0.375. The topological polar surface area (TPSA) is 41.8 Å². The van der Waals surface area contributed by atoms with E-state index in [1.807, 2.05) is 24.3 Å². The van der Waals surface area contributed by atoms with Gasteiger partial charge in [0.15, 0.2) is 0 Å². The predicted molar refractivity (Wildman–Crippen MR) is 42.9 cm³/mol. The van der Waals surface area contributed by atoms with Gasteiger partial charge in [-0.3, -0.25) is 0 Å². The third kappa shape index (κ3) is 1.68. The van der Waals surface area contributed by atoms with E-state index in [1.54, 1.807) is 7.11 Å². The van der Waals surface area contributed by atoms with Crippen molar-refractivity contribution in [3.8, 4) is 0 Å². The van der Waals surface area contributed by atoms with Gasteiger partial charge in [0.2, 0.25) is 0 Å². The highest BCUT2D eigenvalue weighted by atomic mass is 16.5. The number of oxime groups is 1. The largest absolute Gasteiger partial charge is 0.411 e. The number of allylic oxidation sites excluding steroid dienone is 2. The molecule has 0 aromatic rings. The molecule has 0 fully saturated rings. The van der Waals surface area contributed by atoms with Crippen molar-refractivity contribution in [3.63, 3.8) is 0 Å². The smallest absolute Gasteiger partial charge is 0.128 e. The van der Waals surface area contributed by atoms with E-state index in [4.69, 9.17) is 9.94 Å². The first-order chi connectivity index (χ1) is 5.33. The van der Waals surface area contributed by atoms with Gasteiger partial charge < -0.3 is 9.94 Å². The highest BCUT2D eigenvalue weighted by Crippen LogP contribution is 2.18. The van der Waals surface area contributed by atoms with Crippen LogP contribution in [0.1, 0.15) is 6.42 Å². The lowest BCUT2D eigenvalue weighted by molar-refractivity contribution is 0.0941. The first kappa shape index (κ1) is 8.01. The minimum atomic E-state index is -0.538.